The quantitative estimate of drug-likeness (QED) is 0.769. The number of amides is 1. The fourth-order valence-corrected chi connectivity index (χ4v) is 3.44. The molecule has 2 rings (SSSR count). The molecule has 0 aliphatic rings. The highest BCUT2D eigenvalue weighted by Crippen LogP contribution is 2.21. The van der Waals surface area contributed by atoms with Crippen molar-refractivity contribution in [3.63, 3.8) is 0 Å². The zero-order valence-corrected chi connectivity index (χ0v) is 15.3. The van der Waals surface area contributed by atoms with Gasteiger partial charge in [0.15, 0.2) is 0 Å². The van der Waals surface area contributed by atoms with Gasteiger partial charge in [-0.2, -0.15) is 0 Å². The highest BCUT2D eigenvalue weighted by Gasteiger charge is 2.16. The van der Waals surface area contributed by atoms with Crippen molar-refractivity contribution in [1.29, 1.82) is 0 Å². The molecular weight excluding hydrogens is 320 g/mol. The van der Waals surface area contributed by atoms with Crippen molar-refractivity contribution in [2.75, 3.05) is 6.54 Å². The number of carbonyl (C=O) groups is 1. The maximum Gasteiger partial charge on any atom is 0.226 e. The average molecular weight is 346 g/mol. The van der Waals surface area contributed by atoms with E-state index in [1.54, 1.807) is 18.3 Å². The fourth-order valence-electron chi connectivity index (χ4n) is 2.61. The lowest BCUT2D eigenvalue weighted by molar-refractivity contribution is -0.120. The van der Waals surface area contributed by atoms with Crippen molar-refractivity contribution in [3.8, 4) is 0 Å². The Kier molecular flexibility index (Phi) is 6.94. The van der Waals surface area contributed by atoms with Crippen molar-refractivity contribution < 1.29 is 9.90 Å². The molecule has 0 spiro atoms. The number of benzene rings is 1. The first-order valence-electron chi connectivity index (χ1n) is 8.39. The average Bonchev–Trinajstić information content (AvgIpc) is 3.00. The van der Waals surface area contributed by atoms with E-state index in [1.807, 2.05) is 35.7 Å². The standard InChI is InChI=1S/C19H26N2O2S/c1-13(2)19-21-17(12-24-19)10-18(23)20-11-16(9-14(3)22)15-7-5-4-6-8-15/h4-8,12-14,16,22H,9-11H2,1-3H3,(H,20,23). The SMILES string of the molecule is CC(O)CC(CNC(=O)Cc1csc(C(C)C)n1)c1ccccc1. The molecule has 1 aromatic heterocycles. The van der Waals surface area contributed by atoms with Crippen LogP contribution in [0, 0.1) is 0 Å². The Bertz CT molecular complexity index is 638. The highest BCUT2D eigenvalue weighted by atomic mass is 32.1. The Hall–Kier alpha value is -1.72. The predicted octanol–water partition coefficient (Wildman–Crippen LogP) is 3.48. The largest absolute Gasteiger partial charge is 0.393 e. The maximum atomic E-state index is 12.2. The van der Waals surface area contributed by atoms with Gasteiger partial charge in [-0.15, -0.1) is 11.3 Å². The van der Waals surface area contributed by atoms with Gasteiger partial charge in [-0.25, -0.2) is 4.98 Å². The molecule has 0 bridgehead atoms. The van der Waals surface area contributed by atoms with E-state index in [0.29, 0.717) is 25.3 Å². The number of hydrogen-bond donors (Lipinski definition) is 2. The molecular formula is C19H26N2O2S. The molecule has 0 saturated heterocycles. The first kappa shape index (κ1) is 18.6. The van der Waals surface area contributed by atoms with E-state index < -0.39 is 6.10 Å². The summed E-state index contributed by atoms with van der Waals surface area (Å²) in [7, 11) is 0. The number of nitrogens with zero attached hydrogens (tertiary/aromatic N) is 1. The lowest BCUT2D eigenvalue weighted by atomic mass is 9.93. The van der Waals surface area contributed by atoms with E-state index in [-0.39, 0.29) is 11.8 Å². The van der Waals surface area contributed by atoms with Gasteiger partial charge in [-0.05, 0) is 18.9 Å². The Morgan fingerprint density at radius 2 is 1.96 bits per heavy atom. The molecule has 0 saturated carbocycles. The van der Waals surface area contributed by atoms with Gasteiger partial charge < -0.3 is 10.4 Å². The molecule has 0 fully saturated rings. The molecule has 130 valence electrons. The van der Waals surface area contributed by atoms with Crippen LogP contribution in [0.25, 0.3) is 0 Å². The van der Waals surface area contributed by atoms with E-state index >= 15 is 0 Å². The molecule has 5 heteroatoms. The molecule has 0 radical (unpaired) electrons. The second kappa shape index (κ2) is 8.94. The van der Waals surface area contributed by atoms with E-state index in [0.717, 1.165) is 16.3 Å². The molecule has 2 aromatic rings. The molecule has 1 amide bonds. The summed E-state index contributed by atoms with van der Waals surface area (Å²) < 4.78 is 0. The van der Waals surface area contributed by atoms with Crippen LogP contribution >= 0.6 is 11.3 Å². The molecule has 2 unspecified atom stereocenters. The van der Waals surface area contributed by atoms with Gasteiger partial charge in [0.05, 0.1) is 23.2 Å². The third kappa shape index (κ3) is 5.73. The second-order valence-electron chi connectivity index (χ2n) is 6.50. The number of thiazole rings is 1. The maximum absolute atomic E-state index is 12.2. The van der Waals surface area contributed by atoms with E-state index in [2.05, 4.69) is 24.1 Å². The van der Waals surface area contributed by atoms with Crippen LogP contribution in [-0.2, 0) is 11.2 Å². The number of carbonyl (C=O) groups excluding carboxylic acids is 1. The Balaban J connectivity index is 1.91. The number of hydrogen-bond acceptors (Lipinski definition) is 4. The summed E-state index contributed by atoms with van der Waals surface area (Å²) in [5, 5.41) is 15.7. The number of aromatic nitrogens is 1. The minimum absolute atomic E-state index is 0.0258. The molecule has 2 N–H and O–H groups in total. The normalized spacial score (nSPS) is 13.7. The van der Waals surface area contributed by atoms with Crippen LogP contribution in [0.3, 0.4) is 0 Å². The lowest BCUT2D eigenvalue weighted by Crippen LogP contribution is -2.31. The minimum atomic E-state index is -0.403. The summed E-state index contributed by atoms with van der Waals surface area (Å²) in [6.45, 7) is 6.50. The van der Waals surface area contributed by atoms with E-state index in [9.17, 15) is 9.90 Å². The molecule has 1 aromatic carbocycles. The molecule has 2 atom stereocenters. The van der Waals surface area contributed by atoms with Crippen LogP contribution in [0.15, 0.2) is 35.7 Å². The predicted molar refractivity (Wildman–Crippen MR) is 98.4 cm³/mol. The van der Waals surface area contributed by atoms with Crippen molar-refractivity contribution >= 4 is 17.2 Å². The topological polar surface area (TPSA) is 62.2 Å². The number of aliphatic hydroxyl groups excluding tert-OH is 1. The van der Waals surface area contributed by atoms with Crippen molar-refractivity contribution in [3.05, 3.63) is 52.0 Å². The highest BCUT2D eigenvalue weighted by molar-refractivity contribution is 7.09. The molecule has 1 heterocycles. The van der Waals surface area contributed by atoms with Crippen LogP contribution in [0.2, 0.25) is 0 Å². The van der Waals surface area contributed by atoms with Crippen LogP contribution in [0.5, 0.6) is 0 Å². The van der Waals surface area contributed by atoms with Gasteiger partial charge >= 0.3 is 0 Å². The smallest absolute Gasteiger partial charge is 0.226 e. The van der Waals surface area contributed by atoms with Gasteiger partial charge in [0.25, 0.3) is 0 Å². The fraction of sp³-hybridized carbons (Fsp3) is 0.474. The summed E-state index contributed by atoms with van der Waals surface area (Å²) in [5.74, 6) is 0.472. The molecule has 24 heavy (non-hydrogen) atoms. The summed E-state index contributed by atoms with van der Waals surface area (Å²) >= 11 is 1.61. The zero-order chi connectivity index (χ0) is 17.5. The second-order valence-corrected chi connectivity index (χ2v) is 7.39. The van der Waals surface area contributed by atoms with Gasteiger partial charge in [-0.1, -0.05) is 44.2 Å². The van der Waals surface area contributed by atoms with Crippen molar-refractivity contribution in [2.24, 2.45) is 0 Å². The van der Waals surface area contributed by atoms with Crippen molar-refractivity contribution in [1.82, 2.24) is 10.3 Å². The number of nitrogens with one attached hydrogen (secondary N) is 1. The Morgan fingerprint density at radius 1 is 1.25 bits per heavy atom. The van der Waals surface area contributed by atoms with E-state index in [4.69, 9.17) is 0 Å². The molecule has 0 aliphatic heterocycles. The van der Waals surface area contributed by atoms with Crippen LogP contribution < -0.4 is 5.32 Å². The number of aliphatic hydroxyl groups is 1. The third-order valence-corrected chi connectivity index (χ3v) is 5.04. The van der Waals surface area contributed by atoms with Gasteiger partial charge in [0.2, 0.25) is 5.91 Å². The van der Waals surface area contributed by atoms with Crippen LogP contribution in [0.1, 0.15) is 55.3 Å². The summed E-state index contributed by atoms with van der Waals surface area (Å²) in [5.41, 5.74) is 1.96. The summed E-state index contributed by atoms with van der Waals surface area (Å²) in [6, 6.07) is 10.0. The number of rotatable bonds is 8. The van der Waals surface area contributed by atoms with Gasteiger partial charge in [-0.3, -0.25) is 4.79 Å². The summed E-state index contributed by atoms with van der Waals surface area (Å²) in [6.07, 6.45) is 0.525. The monoisotopic (exact) mass is 346 g/mol. The molecule has 0 aliphatic carbocycles. The van der Waals surface area contributed by atoms with Crippen LogP contribution in [0.4, 0.5) is 0 Å². The van der Waals surface area contributed by atoms with E-state index in [1.165, 1.54) is 0 Å². The van der Waals surface area contributed by atoms with Gasteiger partial charge in [0.1, 0.15) is 0 Å². The Morgan fingerprint density at radius 3 is 2.54 bits per heavy atom. The summed E-state index contributed by atoms with van der Waals surface area (Å²) in [4.78, 5) is 16.7. The first-order chi connectivity index (χ1) is 11.5. The third-order valence-electron chi connectivity index (χ3n) is 3.85. The first-order valence-corrected chi connectivity index (χ1v) is 9.27. The van der Waals surface area contributed by atoms with Crippen molar-refractivity contribution in [2.45, 2.75) is 51.6 Å². The minimum Gasteiger partial charge on any atom is -0.393 e. The van der Waals surface area contributed by atoms with Gasteiger partial charge in [0, 0.05) is 23.8 Å². The molecule has 4 nitrogen and oxygen atoms in total. The van der Waals surface area contributed by atoms with Crippen LogP contribution in [-0.4, -0.2) is 28.6 Å². The lowest BCUT2D eigenvalue weighted by Gasteiger charge is -2.19. The zero-order valence-electron chi connectivity index (χ0n) is 14.5. The Labute approximate surface area is 148 Å².